The van der Waals surface area contributed by atoms with Crippen LogP contribution in [0.4, 0.5) is 5.95 Å². The Kier molecular flexibility index (Phi) is 4.13. The van der Waals surface area contributed by atoms with E-state index in [-0.39, 0.29) is 16.4 Å². The Morgan fingerprint density at radius 1 is 1.30 bits per heavy atom. The third-order valence-corrected chi connectivity index (χ3v) is 4.45. The van der Waals surface area contributed by atoms with Gasteiger partial charge in [0, 0.05) is 3.57 Å². The molecular formula is C10H7IN4O4S. The molecule has 0 bridgehead atoms. The van der Waals surface area contributed by atoms with Crippen molar-refractivity contribution in [3.63, 3.8) is 0 Å². The first-order chi connectivity index (χ1) is 9.40. The van der Waals surface area contributed by atoms with E-state index in [1.807, 2.05) is 22.6 Å². The summed E-state index contributed by atoms with van der Waals surface area (Å²) < 4.78 is 26.7. The topological polar surface area (TPSA) is 122 Å². The van der Waals surface area contributed by atoms with Gasteiger partial charge in [-0.1, -0.05) is 0 Å². The van der Waals surface area contributed by atoms with Gasteiger partial charge >= 0.3 is 5.97 Å². The highest BCUT2D eigenvalue weighted by molar-refractivity contribution is 14.1. The van der Waals surface area contributed by atoms with Crippen LogP contribution in [0.1, 0.15) is 10.4 Å². The van der Waals surface area contributed by atoms with Crippen molar-refractivity contribution in [3.8, 4) is 0 Å². The van der Waals surface area contributed by atoms with Gasteiger partial charge in [0.2, 0.25) is 0 Å². The van der Waals surface area contributed by atoms with Crippen LogP contribution in [0.3, 0.4) is 0 Å². The molecule has 10 heteroatoms. The van der Waals surface area contributed by atoms with E-state index in [0.717, 1.165) is 6.07 Å². The van der Waals surface area contributed by atoms with E-state index < -0.39 is 16.0 Å². The minimum absolute atomic E-state index is 0.0967. The number of nitrogens with zero attached hydrogens (tertiary/aromatic N) is 3. The third kappa shape index (κ3) is 3.19. The zero-order chi connectivity index (χ0) is 14.8. The van der Waals surface area contributed by atoms with E-state index in [9.17, 15) is 13.2 Å². The zero-order valence-electron chi connectivity index (χ0n) is 9.69. The molecule has 8 nitrogen and oxygen atoms in total. The van der Waals surface area contributed by atoms with Gasteiger partial charge in [0.15, 0.2) is 0 Å². The molecule has 0 aliphatic rings. The van der Waals surface area contributed by atoms with E-state index in [2.05, 4.69) is 19.9 Å². The lowest BCUT2D eigenvalue weighted by molar-refractivity contribution is 0.0695. The average Bonchev–Trinajstić information content (AvgIpc) is 2.39. The second kappa shape index (κ2) is 5.66. The number of rotatable bonds is 4. The summed E-state index contributed by atoms with van der Waals surface area (Å²) in [5.41, 5.74) is -0.0967. The Morgan fingerprint density at radius 3 is 2.65 bits per heavy atom. The van der Waals surface area contributed by atoms with Gasteiger partial charge in [-0.05, 0) is 40.8 Å². The van der Waals surface area contributed by atoms with Gasteiger partial charge in [0.05, 0.1) is 22.9 Å². The summed E-state index contributed by atoms with van der Waals surface area (Å²) in [5.74, 6) is -1.40. The van der Waals surface area contributed by atoms with Crippen LogP contribution >= 0.6 is 22.6 Å². The standard InChI is InChI=1S/C10H7IN4O4S/c11-8-2-1-6(5-7(8)9(16)17)20(18,19)15-10-12-3-4-13-14-10/h1-5H,(H,16,17)(H,12,14,15). The SMILES string of the molecule is O=C(O)c1cc(S(=O)(=O)Nc2nccnn2)ccc1I. The van der Waals surface area contributed by atoms with Crippen molar-refractivity contribution in [1.82, 2.24) is 15.2 Å². The van der Waals surface area contributed by atoms with Crippen molar-refractivity contribution >= 4 is 44.5 Å². The molecule has 2 N–H and O–H groups in total. The molecule has 1 aromatic heterocycles. The Balaban J connectivity index is 2.40. The van der Waals surface area contributed by atoms with Gasteiger partial charge in [-0.2, -0.15) is 5.10 Å². The maximum absolute atomic E-state index is 12.1. The Labute approximate surface area is 127 Å². The van der Waals surface area contributed by atoms with E-state index in [4.69, 9.17) is 5.11 Å². The molecule has 0 aliphatic carbocycles. The van der Waals surface area contributed by atoms with Crippen molar-refractivity contribution in [2.24, 2.45) is 0 Å². The second-order valence-electron chi connectivity index (χ2n) is 3.52. The molecule has 0 spiro atoms. The first-order valence-electron chi connectivity index (χ1n) is 5.09. The van der Waals surface area contributed by atoms with Crippen LogP contribution in [0.2, 0.25) is 0 Å². The predicted molar refractivity (Wildman–Crippen MR) is 76.8 cm³/mol. The molecule has 0 aliphatic heterocycles. The van der Waals surface area contributed by atoms with Crippen LogP contribution in [0, 0.1) is 3.57 Å². The molecule has 0 unspecified atom stereocenters. The van der Waals surface area contributed by atoms with Gasteiger partial charge in [-0.3, -0.25) is 0 Å². The average molecular weight is 406 g/mol. The highest BCUT2D eigenvalue weighted by Gasteiger charge is 2.19. The largest absolute Gasteiger partial charge is 0.478 e. The third-order valence-electron chi connectivity index (χ3n) is 2.19. The second-order valence-corrected chi connectivity index (χ2v) is 6.36. The molecule has 104 valence electrons. The highest BCUT2D eigenvalue weighted by Crippen LogP contribution is 2.19. The van der Waals surface area contributed by atoms with Crippen LogP contribution in [0.5, 0.6) is 0 Å². The summed E-state index contributed by atoms with van der Waals surface area (Å²) in [7, 11) is -3.97. The number of anilines is 1. The number of aromatic carboxylic acids is 1. The molecular weight excluding hydrogens is 399 g/mol. The molecule has 0 saturated heterocycles. The van der Waals surface area contributed by atoms with Crippen LogP contribution < -0.4 is 4.72 Å². The number of carboxylic acid groups (broad SMARTS) is 1. The molecule has 0 radical (unpaired) electrons. The van der Waals surface area contributed by atoms with Gasteiger partial charge in [0.1, 0.15) is 0 Å². The van der Waals surface area contributed by atoms with Crippen LogP contribution in [0.25, 0.3) is 0 Å². The summed E-state index contributed by atoms with van der Waals surface area (Å²) in [6.45, 7) is 0. The lowest BCUT2D eigenvalue weighted by atomic mass is 10.2. The minimum atomic E-state index is -3.97. The minimum Gasteiger partial charge on any atom is -0.478 e. The zero-order valence-corrected chi connectivity index (χ0v) is 12.7. The molecule has 0 fully saturated rings. The van der Waals surface area contributed by atoms with Crippen molar-refractivity contribution in [2.45, 2.75) is 4.90 Å². The first kappa shape index (κ1) is 14.6. The number of nitrogens with one attached hydrogen (secondary N) is 1. The summed E-state index contributed by atoms with van der Waals surface area (Å²) in [6.07, 6.45) is 2.58. The van der Waals surface area contributed by atoms with Crippen molar-refractivity contribution in [3.05, 3.63) is 39.7 Å². The van der Waals surface area contributed by atoms with Gasteiger partial charge in [-0.15, -0.1) is 5.10 Å². The summed E-state index contributed by atoms with van der Waals surface area (Å²) in [6, 6.07) is 3.78. The predicted octanol–water partition coefficient (Wildman–Crippen LogP) is 0.975. The van der Waals surface area contributed by atoms with Crippen LogP contribution in [0.15, 0.2) is 35.5 Å². The van der Waals surface area contributed by atoms with E-state index in [0.29, 0.717) is 3.57 Å². The number of aromatic nitrogens is 3. The Morgan fingerprint density at radius 2 is 2.05 bits per heavy atom. The molecule has 0 saturated carbocycles. The van der Waals surface area contributed by atoms with Crippen molar-refractivity contribution in [2.75, 3.05) is 4.72 Å². The number of sulfonamides is 1. The lowest BCUT2D eigenvalue weighted by Crippen LogP contribution is -2.16. The number of halogens is 1. The molecule has 0 atom stereocenters. The number of benzene rings is 1. The fourth-order valence-electron chi connectivity index (χ4n) is 1.31. The Bertz CT molecular complexity index is 751. The number of carbonyl (C=O) groups is 1. The summed E-state index contributed by atoms with van der Waals surface area (Å²) in [4.78, 5) is 14.5. The van der Waals surface area contributed by atoms with Crippen molar-refractivity contribution in [1.29, 1.82) is 0 Å². The maximum atomic E-state index is 12.1. The van der Waals surface area contributed by atoms with E-state index in [1.165, 1.54) is 24.5 Å². The van der Waals surface area contributed by atoms with Gasteiger partial charge in [0.25, 0.3) is 16.0 Å². The van der Waals surface area contributed by atoms with E-state index >= 15 is 0 Å². The Hall–Kier alpha value is -1.82. The number of carboxylic acids is 1. The molecule has 1 heterocycles. The summed E-state index contributed by atoms with van der Waals surface area (Å²) in [5, 5.41) is 16.0. The maximum Gasteiger partial charge on any atom is 0.336 e. The fourth-order valence-corrected chi connectivity index (χ4v) is 2.85. The van der Waals surface area contributed by atoms with E-state index in [1.54, 1.807) is 0 Å². The monoisotopic (exact) mass is 406 g/mol. The number of hydrogen-bond donors (Lipinski definition) is 2. The summed E-state index contributed by atoms with van der Waals surface area (Å²) >= 11 is 1.81. The van der Waals surface area contributed by atoms with Gasteiger partial charge < -0.3 is 5.11 Å². The highest BCUT2D eigenvalue weighted by atomic mass is 127. The van der Waals surface area contributed by atoms with Crippen LogP contribution in [-0.2, 0) is 10.0 Å². The van der Waals surface area contributed by atoms with Crippen LogP contribution in [-0.4, -0.2) is 34.7 Å². The number of hydrogen-bond acceptors (Lipinski definition) is 6. The molecule has 1 aromatic carbocycles. The molecule has 2 aromatic rings. The molecule has 2 rings (SSSR count). The fraction of sp³-hybridized carbons (Fsp3) is 0. The normalized spacial score (nSPS) is 11.1. The smallest absolute Gasteiger partial charge is 0.336 e. The van der Waals surface area contributed by atoms with Crippen molar-refractivity contribution < 1.29 is 18.3 Å². The quantitative estimate of drug-likeness (QED) is 0.726. The van der Waals surface area contributed by atoms with Gasteiger partial charge in [-0.25, -0.2) is 22.9 Å². The molecule has 0 amide bonds. The molecule has 20 heavy (non-hydrogen) atoms. The first-order valence-corrected chi connectivity index (χ1v) is 7.66. The lowest BCUT2D eigenvalue weighted by Gasteiger charge is -2.07.